The van der Waals surface area contributed by atoms with Crippen LogP contribution in [-0.4, -0.2) is 61.3 Å². The number of anilines is 1. The van der Waals surface area contributed by atoms with Gasteiger partial charge in [-0.3, -0.25) is 9.59 Å². The van der Waals surface area contributed by atoms with Crippen molar-refractivity contribution >= 4 is 17.6 Å². The van der Waals surface area contributed by atoms with Gasteiger partial charge in [0.15, 0.2) is 0 Å². The molecule has 0 bridgehead atoms. The second-order valence-electron chi connectivity index (χ2n) is 6.85. The molecule has 136 valence electrons. The molecule has 1 N–H and O–H groups in total. The number of carbonyl (C=O) groups excluding carboxylic acids is 2. The van der Waals surface area contributed by atoms with E-state index in [1.807, 2.05) is 23.1 Å². The fourth-order valence-electron chi connectivity index (χ4n) is 3.91. The molecule has 0 spiro atoms. The van der Waals surface area contributed by atoms with E-state index in [1.165, 1.54) is 12.8 Å². The number of benzene rings is 1. The van der Waals surface area contributed by atoms with Crippen LogP contribution in [-0.2, 0) is 14.3 Å². The van der Waals surface area contributed by atoms with Gasteiger partial charge in [0.05, 0.1) is 25.0 Å². The minimum atomic E-state index is -0.534. The Bertz CT molecular complexity index is 599. The summed E-state index contributed by atoms with van der Waals surface area (Å²) in [5, 5.41) is 9.86. The second kappa shape index (κ2) is 7.87. The van der Waals surface area contributed by atoms with Crippen molar-refractivity contribution in [3.05, 3.63) is 30.3 Å². The summed E-state index contributed by atoms with van der Waals surface area (Å²) in [7, 11) is 1.34. The molecule has 3 unspecified atom stereocenters. The van der Waals surface area contributed by atoms with Gasteiger partial charge in [-0.05, 0) is 31.4 Å². The molecule has 1 aromatic rings. The average Bonchev–Trinajstić information content (AvgIpc) is 2.67. The van der Waals surface area contributed by atoms with E-state index >= 15 is 0 Å². The highest BCUT2D eigenvalue weighted by atomic mass is 16.5. The lowest BCUT2D eigenvalue weighted by atomic mass is 9.77. The Morgan fingerprint density at radius 3 is 2.36 bits per heavy atom. The molecular weight excluding hydrogens is 320 g/mol. The van der Waals surface area contributed by atoms with Crippen LogP contribution in [0.25, 0.3) is 0 Å². The normalized spacial score (nSPS) is 27.0. The zero-order valence-corrected chi connectivity index (χ0v) is 14.6. The van der Waals surface area contributed by atoms with Gasteiger partial charge < -0.3 is 19.6 Å². The molecular formula is C19H26N2O4. The van der Waals surface area contributed by atoms with Gasteiger partial charge in [-0.2, -0.15) is 0 Å². The molecule has 6 heteroatoms. The second-order valence-corrected chi connectivity index (χ2v) is 6.85. The van der Waals surface area contributed by atoms with Crippen LogP contribution in [0.2, 0.25) is 0 Å². The molecule has 1 aromatic carbocycles. The summed E-state index contributed by atoms with van der Waals surface area (Å²) in [6.07, 6.45) is 0.891. The average molecular weight is 346 g/mol. The molecule has 1 saturated heterocycles. The number of aliphatic hydroxyl groups is 1. The minimum Gasteiger partial charge on any atom is -0.469 e. The molecule has 1 amide bonds. The summed E-state index contributed by atoms with van der Waals surface area (Å²) in [6, 6.07) is 10.2. The SMILES string of the molecule is COC(=O)C1CC(O)CCC1C(=O)N1CCN(c2ccccc2)CC1. The maximum atomic E-state index is 13.0. The van der Waals surface area contributed by atoms with Gasteiger partial charge in [0.2, 0.25) is 5.91 Å². The largest absolute Gasteiger partial charge is 0.469 e. The summed E-state index contributed by atoms with van der Waals surface area (Å²) < 4.78 is 4.85. The lowest BCUT2D eigenvalue weighted by Crippen LogP contribution is -2.52. The standard InChI is InChI=1S/C19H26N2O4/c1-25-19(24)17-13-15(22)7-8-16(17)18(23)21-11-9-20(10-12-21)14-5-3-2-4-6-14/h2-6,15-17,22H,7-13H2,1H3. The van der Waals surface area contributed by atoms with Crippen molar-refractivity contribution < 1.29 is 19.4 Å². The highest BCUT2D eigenvalue weighted by Gasteiger charge is 2.41. The van der Waals surface area contributed by atoms with Crippen molar-refractivity contribution in [3.8, 4) is 0 Å². The van der Waals surface area contributed by atoms with E-state index in [2.05, 4.69) is 17.0 Å². The van der Waals surface area contributed by atoms with Crippen LogP contribution in [0.15, 0.2) is 30.3 Å². The quantitative estimate of drug-likeness (QED) is 0.835. The topological polar surface area (TPSA) is 70.1 Å². The predicted octanol–water partition coefficient (Wildman–Crippen LogP) is 1.29. The summed E-state index contributed by atoms with van der Waals surface area (Å²) in [5.41, 5.74) is 1.17. The number of amides is 1. The van der Waals surface area contributed by atoms with Crippen LogP contribution in [0.3, 0.4) is 0 Å². The van der Waals surface area contributed by atoms with E-state index in [4.69, 9.17) is 4.74 Å². The van der Waals surface area contributed by atoms with Crippen molar-refractivity contribution in [3.63, 3.8) is 0 Å². The van der Waals surface area contributed by atoms with E-state index < -0.39 is 12.0 Å². The lowest BCUT2D eigenvalue weighted by Gasteiger charge is -2.40. The molecule has 25 heavy (non-hydrogen) atoms. The Kier molecular flexibility index (Phi) is 5.58. The number of carbonyl (C=O) groups is 2. The molecule has 6 nitrogen and oxygen atoms in total. The highest BCUT2D eigenvalue weighted by molar-refractivity contribution is 5.86. The van der Waals surface area contributed by atoms with E-state index in [-0.39, 0.29) is 17.8 Å². The summed E-state index contributed by atoms with van der Waals surface area (Å²) in [5.74, 6) is -1.28. The molecule has 2 aliphatic rings. The fourth-order valence-corrected chi connectivity index (χ4v) is 3.91. The van der Waals surface area contributed by atoms with Crippen molar-refractivity contribution in [1.82, 2.24) is 4.90 Å². The van der Waals surface area contributed by atoms with Crippen LogP contribution in [0.4, 0.5) is 5.69 Å². The van der Waals surface area contributed by atoms with Gasteiger partial charge in [-0.25, -0.2) is 0 Å². The van der Waals surface area contributed by atoms with Crippen molar-refractivity contribution in [1.29, 1.82) is 0 Å². The predicted molar refractivity (Wildman–Crippen MR) is 94.1 cm³/mol. The van der Waals surface area contributed by atoms with Crippen molar-refractivity contribution in [2.24, 2.45) is 11.8 Å². The summed E-state index contributed by atoms with van der Waals surface area (Å²) in [6.45, 7) is 2.88. The maximum absolute atomic E-state index is 13.0. The Hall–Kier alpha value is -2.08. The zero-order chi connectivity index (χ0) is 17.8. The number of hydrogen-bond acceptors (Lipinski definition) is 5. The van der Waals surface area contributed by atoms with Crippen LogP contribution < -0.4 is 4.90 Å². The Labute approximate surface area is 148 Å². The first kappa shape index (κ1) is 17.7. The highest BCUT2D eigenvalue weighted by Crippen LogP contribution is 2.33. The number of hydrogen-bond donors (Lipinski definition) is 1. The molecule has 1 heterocycles. The molecule has 0 radical (unpaired) electrons. The number of aliphatic hydroxyl groups excluding tert-OH is 1. The Balaban J connectivity index is 1.62. The zero-order valence-electron chi connectivity index (χ0n) is 14.6. The number of esters is 1. The number of ether oxygens (including phenoxy) is 1. The Morgan fingerprint density at radius 1 is 1.04 bits per heavy atom. The van der Waals surface area contributed by atoms with E-state index in [1.54, 1.807) is 0 Å². The minimum absolute atomic E-state index is 0.0232. The first-order valence-electron chi connectivity index (χ1n) is 8.95. The number of methoxy groups -OCH3 is 1. The number of para-hydroxylation sites is 1. The molecule has 3 rings (SSSR count). The number of nitrogens with zero attached hydrogens (tertiary/aromatic N) is 2. The third kappa shape index (κ3) is 3.95. The van der Waals surface area contributed by atoms with E-state index in [0.29, 0.717) is 32.4 Å². The molecule has 1 aliphatic carbocycles. The van der Waals surface area contributed by atoms with Crippen molar-refractivity contribution in [2.75, 3.05) is 38.2 Å². The third-order valence-corrected chi connectivity index (χ3v) is 5.36. The van der Waals surface area contributed by atoms with E-state index in [0.717, 1.165) is 13.1 Å². The van der Waals surface area contributed by atoms with Crippen molar-refractivity contribution in [2.45, 2.75) is 25.4 Å². The smallest absolute Gasteiger partial charge is 0.309 e. The Morgan fingerprint density at radius 2 is 1.72 bits per heavy atom. The summed E-state index contributed by atoms with van der Waals surface area (Å²) in [4.78, 5) is 29.1. The van der Waals surface area contributed by atoms with Gasteiger partial charge in [-0.1, -0.05) is 18.2 Å². The van der Waals surface area contributed by atoms with Crippen LogP contribution in [0, 0.1) is 11.8 Å². The first-order valence-corrected chi connectivity index (χ1v) is 8.95. The van der Waals surface area contributed by atoms with Gasteiger partial charge in [-0.15, -0.1) is 0 Å². The van der Waals surface area contributed by atoms with Gasteiger partial charge in [0, 0.05) is 31.9 Å². The third-order valence-electron chi connectivity index (χ3n) is 5.36. The monoisotopic (exact) mass is 346 g/mol. The molecule has 2 fully saturated rings. The van der Waals surface area contributed by atoms with Gasteiger partial charge in [0.25, 0.3) is 0 Å². The van der Waals surface area contributed by atoms with Crippen LogP contribution in [0.1, 0.15) is 19.3 Å². The number of rotatable bonds is 3. The van der Waals surface area contributed by atoms with Gasteiger partial charge >= 0.3 is 5.97 Å². The maximum Gasteiger partial charge on any atom is 0.309 e. The fraction of sp³-hybridized carbons (Fsp3) is 0.579. The first-order chi connectivity index (χ1) is 12.1. The van der Waals surface area contributed by atoms with Crippen LogP contribution in [0.5, 0.6) is 0 Å². The summed E-state index contributed by atoms with van der Waals surface area (Å²) >= 11 is 0. The molecule has 3 atom stereocenters. The lowest BCUT2D eigenvalue weighted by molar-refractivity contribution is -0.157. The van der Waals surface area contributed by atoms with E-state index in [9.17, 15) is 14.7 Å². The number of piperazine rings is 1. The molecule has 0 aromatic heterocycles. The molecule has 1 aliphatic heterocycles. The molecule has 1 saturated carbocycles. The van der Waals surface area contributed by atoms with Crippen LogP contribution >= 0.6 is 0 Å². The van der Waals surface area contributed by atoms with Gasteiger partial charge in [0.1, 0.15) is 0 Å².